The molecule has 4 heteroatoms. The fourth-order valence-electron chi connectivity index (χ4n) is 3.27. The SMILES string of the molecule is Cc1cccc(C(=O)N2CCC[C@H](C(=O)NCc3ccccc3)C2)c1. The van der Waals surface area contributed by atoms with E-state index in [1.807, 2.05) is 66.4 Å². The number of amides is 2. The molecule has 1 saturated heterocycles. The summed E-state index contributed by atoms with van der Waals surface area (Å²) in [6, 6.07) is 17.5. The first kappa shape index (κ1) is 17.2. The molecule has 2 aromatic carbocycles. The molecule has 1 N–H and O–H groups in total. The van der Waals surface area contributed by atoms with Crippen LogP contribution in [0.3, 0.4) is 0 Å². The lowest BCUT2D eigenvalue weighted by Gasteiger charge is -2.32. The van der Waals surface area contributed by atoms with Crippen molar-refractivity contribution in [2.24, 2.45) is 5.92 Å². The number of benzene rings is 2. The predicted molar refractivity (Wildman–Crippen MR) is 98.1 cm³/mol. The average molecular weight is 336 g/mol. The summed E-state index contributed by atoms with van der Waals surface area (Å²) >= 11 is 0. The number of carbonyl (C=O) groups excluding carboxylic acids is 2. The van der Waals surface area contributed by atoms with Gasteiger partial charge in [0.2, 0.25) is 5.91 Å². The zero-order valence-electron chi connectivity index (χ0n) is 14.6. The third-order valence-electron chi connectivity index (χ3n) is 4.65. The van der Waals surface area contributed by atoms with Crippen molar-refractivity contribution in [3.63, 3.8) is 0 Å². The van der Waals surface area contributed by atoms with E-state index in [1.165, 1.54) is 0 Å². The number of rotatable bonds is 4. The molecule has 1 atom stereocenters. The molecule has 25 heavy (non-hydrogen) atoms. The molecule has 3 rings (SSSR count). The highest BCUT2D eigenvalue weighted by Crippen LogP contribution is 2.19. The van der Waals surface area contributed by atoms with E-state index in [9.17, 15) is 9.59 Å². The quantitative estimate of drug-likeness (QED) is 0.932. The maximum Gasteiger partial charge on any atom is 0.253 e. The Balaban J connectivity index is 1.58. The van der Waals surface area contributed by atoms with Crippen LogP contribution >= 0.6 is 0 Å². The standard InChI is InChI=1S/C21H24N2O2/c1-16-7-5-10-18(13-16)21(25)23-12-6-11-19(15-23)20(24)22-14-17-8-3-2-4-9-17/h2-5,7-10,13,19H,6,11-12,14-15H2,1H3,(H,22,24)/t19-/m0/s1. The van der Waals surface area contributed by atoms with Crippen LogP contribution in [0.25, 0.3) is 0 Å². The molecule has 4 nitrogen and oxygen atoms in total. The van der Waals surface area contributed by atoms with Gasteiger partial charge in [0.25, 0.3) is 5.91 Å². The second-order valence-corrected chi connectivity index (χ2v) is 6.66. The van der Waals surface area contributed by atoms with E-state index in [-0.39, 0.29) is 17.7 Å². The molecule has 1 heterocycles. The number of hydrogen-bond donors (Lipinski definition) is 1. The van der Waals surface area contributed by atoms with Crippen molar-refractivity contribution in [1.82, 2.24) is 10.2 Å². The van der Waals surface area contributed by atoms with Crippen LogP contribution in [0.2, 0.25) is 0 Å². The molecule has 1 aliphatic heterocycles. The topological polar surface area (TPSA) is 49.4 Å². The third-order valence-corrected chi connectivity index (χ3v) is 4.65. The van der Waals surface area contributed by atoms with Crippen LogP contribution in [0.5, 0.6) is 0 Å². The average Bonchev–Trinajstić information content (AvgIpc) is 2.66. The van der Waals surface area contributed by atoms with Crippen molar-refractivity contribution in [3.8, 4) is 0 Å². The highest BCUT2D eigenvalue weighted by Gasteiger charge is 2.28. The Kier molecular flexibility index (Phi) is 5.49. The monoisotopic (exact) mass is 336 g/mol. The van der Waals surface area contributed by atoms with Crippen LogP contribution in [0.15, 0.2) is 54.6 Å². The summed E-state index contributed by atoms with van der Waals surface area (Å²) in [6.07, 6.45) is 1.69. The van der Waals surface area contributed by atoms with E-state index in [0.717, 1.165) is 30.5 Å². The van der Waals surface area contributed by atoms with E-state index in [4.69, 9.17) is 0 Å². The van der Waals surface area contributed by atoms with Gasteiger partial charge >= 0.3 is 0 Å². The second-order valence-electron chi connectivity index (χ2n) is 6.66. The summed E-state index contributed by atoms with van der Waals surface area (Å²) in [7, 11) is 0. The summed E-state index contributed by atoms with van der Waals surface area (Å²) in [4.78, 5) is 27.0. The number of nitrogens with one attached hydrogen (secondary N) is 1. The Morgan fingerprint density at radius 1 is 1.12 bits per heavy atom. The van der Waals surface area contributed by atoms with Gasteiger partial charge in [0.1, 0.15) is 0 Å². The number of likely N-dealkylation sites (tertiary alicyclic amines) is 1. The van der Waals surface area contributed by atoms with Gasteiger partial charge in [0.05, 0.1) is 5.92 Å². The van der Waals surface area contributed by atoms with Crippen LogP contribution in [0, 0.1) is 12.8 Å². The summed E-state index contributed by atoms with van der Waals surface area (Å²) < 4.78 is 0. The van der Waals surface area contributed by atoms with Gasteiger partial charge in [-0.1, -0.05) is 48.0 Å². The van der Waals surface area contributed by atoms with Crippen molar-refractivity contribution in [2.45, 2.75) is 26.3 Å². The van der Waals surface area contributed by atoms with E-state index in [0.29, 0.717) is 18.7 Å². The van der Waals surface area contributed by atoms with Gasteiger partial charge < -0.3 is 10.2 Å². The molecular weight excluding hydrogens is 312 g/mol. The van der Waals surface area contributed by atoms with Crippen LogP contribution in [-0.4, -0.2) is 29.8 Å². The summed E-state index contributed by atoms with van der Waals surface area (Å²) in [5.74, 6) is -0.0823. The number of hydrogen-bond acceptors (Lipinski definition) is 2. The second kappa shape index (κ2) is 7.97. The van der Waals surface area contributed by atoms with Crippen LogP contribution in [-0.2, 0) is 11.3 Å². The molecule has 2 aromatic rings. The van der Waals surface area contributed by atoms with Gasteiger partial charge in [0.15, 0.2) is 0 Å². The molecule has 0 aliphatic carbocycles. The van der Waals surface area contributed by atoms with Gasteiger partial charge in [-0.2, -0.15) is 0 Å². The lowest BCUT2D eigenvalue weighted by Crippen LogP contribution is -2.45. The first-order valence-corrected chi connectivity index (χ1v) is 8.81. The number of nitrogens with zero attached hydrogens (tertiary/aromatic N) is 1. The minimum atomic E-state index is -0.133. The van der Waals surface area contributed by atoms with Crippen molar-refractivity contribution >= 4 is 11.8 Å². The molecule has 0 unspecified atom stereocenters. The van der Waals surface area contributed by atoms with E-state index >= 15 is 0 Å². The minimum Gasteiger partial charge on any atom is -0.352 e. The molecule has 1 aliphatic rings. The summed E-state index contributed by atoms with van der Waals surface area (Å²) in [6.45, 7) is 3.72. The molecule has 0 bridgehead atoms. The smallest absolute Gasteiger partial charge is 0.253 e. The molecule has 0 spiro atoms. The Bertz CT molecular complexity index is 743. The fourth-order valence-corrected chi connectivity index (χ4v) is 3.27. The van der Waals surface area contributed by atoms with Crippen LogP contribution in [0.4, 0.5) is 0 Å². The summed E-state index contributed by atoms with van der Waals surface area (Å²) in [5.41, 5.74) is 2.85. The Morgan fingerprint density at radius 2 is 1.92 bits per heavy atom. The molecule has 0 aromatic heterocycles. The first-order valence-electron chi connectivity index (χ1n) is 8.81. The molecular formula is C21H24N2O2. The maximum atomic E-state index is 12.7. The fraction of sp³-hybridized carbons (Fsp3) is 0.333. The van der Waals surface area contributed by atoms with Gasteiger partial charge in [-0.15, -0.1) is 0 Å². The van der Waals surface area contributed by atoms with Crippen molar-refractivity contribution < 1.29 is 9.59 Å². The van der Waals surface area contributed by atoms with Crippen molar-refractivity contribution in [3.05, 3.63) is 71.3 Å². The van der Waals surface area contributed by atoms with Crippen molar-refractivity contribution in [2.75, 3.05) is 13.1 Å². The number of carbonyl (C=O) groups is 2. The van der Waals surface area contributed by atoms with Crippen LogP contribution < -0.4 is 5.32 Å². The van der Waals surface area contributed by atoms with Gasteiger partial charge in [-0.3, -0.25) is 9.59 Å². The number of aryl methyl sites for hydroxylation is 1. The van der Waals surface area contributed by atoms with E-state index < -0.39 is 0 Å². The van der Waals surface area contributed by atoms with Crippen molar-refractivity contribution in [1.29, 1.82) is 0 Å². The van der Waals surface area contributed by atoms with E-state index in [2.05, 4.69) is 5.32 Å². The first-order chi connectivity index (χ1) is 12.1. The maximum absolute atomic E-state index is 12.7. The molecule has 0 saturated carbocycles. The van der Waals surface area contributed by atoms with Gasteiger partial charge in [0, 0.05) is 25.2 Å². The predicted octanol–water partition coefficient (Wildman–Crippen LogP) is 3.16. The Labute approximate surface area is 148 Å². The Hall–Kier alpha value is -2.62. The largest absolute Gasteiger partial charge is 0.352 e. The third kappa shape index (κ3) is 4.47. The van der Waals surface area contributed by atoms with Gasteiger partial charge in [-0.05, 0) is 37.5 Å². The molecule has 130 valence electrons. The van der Waals surface area contributed by atoms with Crippen LogP contribution in [0.1, 0.15) is 34.3 Å². The zero-order valence-corrected chi connectivity index (χ0v) is 14.6. The minimum absolute atomic E-state index is 0.0178. The molecule has 1 fully saturated rings. The highest BCUT2D eigenvalue weighted by atomic mass is 16.2. The van der Waals surface area contributed by atoms with E-state index in [1.54, 1.807) is 0 Å². The molecule has 0 radical (unpaired) electrons. The Morgan fingerprint density at radius 3 is 2.68 bits per heavy atom. The summed E-state index contributed by atoms with van der Waals surface area (Å²) in [5, 5.41) is 3.00. The lowest BCUT2D eigenvalue weighted by molar-refractivity contribution is -0.126. The lowest BCUT2D eigenvalue weighted by atomic mass is 9.96. The highest BCUT2D eigenvalue weighted by molar-refractivity contribution is 5.95. The normalized spacial score (nSPS) is 17.2. The zero-order chi connectivity index (χ0) is 17.6. The molecule has 2 amide bonds. The number of piperidine rings is 1. The van der Waals surface area contributed by atoms with Gasteiger partial charge in [-0.25, -0.2) is 0 Å².